The number of hydrogen-bond acceptors (Lipinski definition) is 10. The number of carbonyl (C=O) groups excluding carboxylic acids is 1. The predicted octanol–water partition coefficient (Wildman–Crippen LogP) is 4.06. The lowest BCUT2D eigenvalue weighted by Gasteiger charge is -2.45. The number of carbonyl (C=O) groups is 1. The minimum Gasteiger partial charge on any atom is -0.461 e. The Kier molecular flexibility index (Phi) is 7.79. The van der Waals surface area contributed by atoms with E-state index in [-0.39, 0.29) is 30.0 Å². The summed E-state index contributed by atoms with van der Waals surface area (Å²) in [6, 6.07) is 8.39. The van der Waals surface area contributed by atoms with Crippen molar-refractivity contribution in [2.75, 3.05) is 51.0 Å². The summed E-state index contributed by atoms with van der Waals surface area (Å²) in [4.78, 5) is 28.8. The number of aryl methyl sites for hydroxylation is 1. The molecule has 6 heterocycles. The van der Waals surface area contributed by atoms with Gasteiger partial charge in [0.25, 0.3) is 5.91 Å². The van der Waals surface area contributed by atoms with Crippen molar-refractivity contribution in [1.29, 1.82) is 5.26 Å². The molecule has 12 nitrogen and oxygen atoms in total. The normalized spacial score (nSPS) is 27.5. The summed E-state index contributed by atoms with van der Waals surface area (Å²) in [5.41, 5.74) is 11.2. The van der Waals surface area contributed by atoms with Crippen molar-refractivity contribution in [1.82, 2.24) is 29.5 Å². The molecule has 8 rings (SSSR count). The van der Waals surface area contributed by atoms with Gasteiger partial charge in [-0.2, -0.15) is 20.3 Å². The van der Waals surface area contributed by atoms with Gasteiger partial charge in [0.2, 0.25) is 0 Å². The predicted molar refractivity (Wildman–Crippen MR) is 180 cm³/mol. The van der Waals surface area contributed by atoms with Crippen molar-refractivity contribution in [3.05, 3.63) is 57.5 Å². The Bertz CT molecular complexity index is 1860. The molecule has 1 spiro atoms. The van der Waals surface area contributed by atoms with Gasteiger partial charge in [-0.15, -0.1) is 0 Å². The van der Waals surface area contributed by atoms with Crippen LogP contribution < -0.4 is 15.4 Å². The van der Waals surface area contributed by atoms with E-state index in [0.29, 0.717) is 62.6 Å². The van der Waals surface area contributed by atoms with E-state index in [1.807, 2.05) is 22.9 Å². The SMILES string of the molecule is C[C@@H]1CC[C@]2(Cc3nc(OC[C@@]45CCCN4C[C@H](F)C5)nc(N4CCCn5nc(C(=O)N(C)C)cc5C4)c3CO2)c2c1ccc(N)c2C#N. The molecule has 13 heteroatoms. The van der Waals surface area contributed by atoms with E-state index in [0.717, 1.165) is 72.5 Å². The number of nitrogen functional groups attached to an aromatic ring is 1. The monoisotopic (exact) mass is 669 g/mol. The summed E-state index contributed by atoms with van der Waals surface area (Å²) in [7, 11) is 3.45. The van der Waals surface area contributed by atoms with E-state index in [9.17, 15) is 14.4 Å². The second kappa shape index (κ2) is 11.9. The summed E-state index contributed by atoms with van der Waals surface area (Å²) >= 11 is 0. The van der Waals surface area contributed by atoms with E-state index in [2.05, 4.69) is 27.9 Å². The molecule has 1 amide bonds. The third kappa shape index (κ3) is 5.31. The molecule has 0 saturated carbocycles. The highest BCUT2D eigenvalue weighted by molar-refractivity contribution is 5.92. The fourth-order valence-corrected chi connectivity index (χ4v) is 8.98. The fraction of sp³-hybridized carbons (Fsp3) is 0.583. The van der Waals surface area contributed by atoms with Crippen molar-refractivity contribution in [3.8, 4) is 12.1 Å². The molecule has 5 aliphatic rings. The number of amides is 1. The third-order valence-electron chi connectivity index (χ3n) is 11.5. The number of anilines is 2. The number of nitriles is 1. The standard InChI is InChI=1S/C36H44FN9O3/c1-22-8-10-36(31-25(22)6-7-28(39)26(31)17-38)16-30-27(20-49-36)32(41-34(40-30)48-21-35-9-4-12-45(35)18-23(37)15-35)44-11-5-13-46-24(19-44)14-29(42-46)33(47)43(2)3/h6-7,14,22-23H,4-5,8-13,15-16,18-21,39H2,1-3H3/t22-,23-,35+,36+/m1/s1. The van der Waals surface area contributed by atoms with Crippen molar-refractivity contribution in [2.24, 2.45) is 0 Å². The number of nitrogens with zero attached hydrogens (tertiary/aromatic N) is 8. The largest absolute Gasteiger partial charge is 0.461 e. The van der Waals surface area contributed by atoms with E-state index < -0.39 is 11.8 Å². The van der Waals surface area contributed by atoms with E-state index in [1.165, 1.54) is 4.90 Å². The van der Waals surface area contributed by atoms with Crippen LogP contribution in [0.15, 0.2) is 18.2 Å². The van der Waals surface area contributed by atoms with Gasteiger partial charge in [-0.05, 0) is 62.3 Å². The second-order valence-corrected chi connectivity index (χ2v) is 14.8. The maximum absolute atomic E-state index is 14.6. The summed E-state index contributed by atoms with van der Waals surface area (Å²) in [5, 5.41) is 14.9. The highest BCUT2D eigenvalue weighted by Gasteiger charge is 2.50. The Morgan fingerprint density at radius 1 is 1.22 bits per heavy atom. The molecule has 2 fully saturated rings. The number of benzene rings is 1. The molecule has 1 aliphatic carbocycles. The number of aromatic nitrogens is 4. The fourth-order valence-electron chi connectivity index (χ4n) is 8.98. The average molecular weight is 670 g/mol. The molecule has 1 aromatic carbocycles. The first-order valence-electron chi connectivity index (χ1n) is 17.5. The lowest BCUT2D eigenvalue weighted by atomic mass is 9.69. The first kappa shape index (κ1) is 32.0. The van der Waals surface area contributed by atoms with Crippen molar-refractivity contribution in [3.63, 3.8) is 0 Å². The number of nitrogens with two attached hydrogens (primary N) is 1. The van der Waals surface area contributed by atoms with E-state index in [4.69, 9.17) is 25.2 Å². The molecule has 4 atom stereocenters. The Morgan fingerprint density at radius 3 is 2.90 bits per heavy atom. The molecule has 2 N–H and O–H groups in total. The van der Waals surface area contributed by atoms with Crippen LogP contribution in [0, 0.1) is 11.3 Å². The number of halogens is 1. The van der Waals surface area contributed by atoms with Crippen LogP contribution in [-0.2, 0) is 36.5 Å². The Hall–Kier alpha value is -4.28. The zero-order chi connectivity index (χ0) is 34.1. The summed E-state index contributed by atoms with van der Waals surface area (Å²) < 4.78 is 29.9. The molecule has 0 radical (unpaired) electrons. The van der Waals surface area contributed by atoms with Crippen LogP contribution in [0.2, 0.25) is 0 Å². The van der Waals surface area contributed by atoms with Gasteiger partial charge in [0.15, 0.2) is 5.69 Å². The number of fused-ring (bicyclic) bond motifs is 5. The van der Waals surface area contributed by atoms with Gasteiger partial charge in [0, 0.05) is 63.4 Å². The van der Waals surface area contributed by atoms with Crippen LogP contribution in [0.5, 0.6) is 6.01 Å². The van der Waals surface area contributed by atoms with Crippen LogP contribution in [0.3, 0.4) is 0 Å². The Labute approximate surface area is 286 Å². The Balaban J connectivity index is 1.19. The first-order chi connectivity index (χ1) is 23.6. The average Bonchev–Trinajstić information content (AvgIpc) is 3.71. The smallest absolute Gasteiger partial charge is 0.318 e. The maximum atomic E-state index is 14.6. The van der Waals surface area contributed by atoms with Gasteiger partial charge < -0.3 is 25.0 Å². The molecule has 0 bridgehead atoms. The van der Waals surface area contributed by atoms with Crippen molar-refractivity contribution >= 4 is 17.4 Å². The molecule has 0 unspecified atom stereocenters. The second-order valence-electron chi connectivity index (χ2n) is 14.8. The molecule has 3 aromatic rings. The Morgan fingerprint density at radius 2 is 2.08 bits per heavy atom. The van der Waals surface area contributed by atoms with E-state index >= 15 is 0 Å². The summed E-state index contributed by atoms with van der Waals surface area (Å²) in [6.07, 6.45) is 4.40. The number of hydrogen-bond donors (Lipinski definition) is 1. The molecule has 2 aromatic heterocycles. The zero-order valence-electron chi connectivity index (χ0n) is 28.5. The van der Waals surface area contributed by atoms with Crippen molar-refractivity contribution in [2.45, 2.75) is 94.8 Å². The number of alkyl halides is 1. The minimum absolute atomic E-state index is 0.136. The molecular formula is C36H44FN9O3. The topological polar surface area (TPSA) is 139 Å². The molecule has 49 heavy (non-hydrogen) atoms. The summed E-state index contributed by atoms with van der Waals surface area (Å²) in [6.45, 7) is 5.99. The maximum Gasteiger partial charge on any atom is 0.318 e. The molecular weight excluding hydrogens is 625 g/mol. The highest BCUT2D eigenvalue weighted by Crippen LogP contribution is 2.51. The third-order valence-corrected chi connectivity index (χ3v) is 11.5. The van der Waals surface area contributed by atoms with Gasteiger partial charge in [0.1, 0.15) is 30.3 Å². The number of ether oxygens (including phenoxy) is 2. The molecule has 258 valence electrons. The first-order valence-corrected chi connectivity index (χ1v) is 17.5. The molecule has 4 aliphatic heterocycles. The van der Waals surface area contributed by atoms with Crippen LogP contribution in [0.4, 0.5) is 15.9 Å². The lowest BCUT2D eigenvalue weighted by Crippen LogP contribution is -2.44. The number of rotatable bonds is 5. The van der Waals surface area contributed by atoms with Gasteiger partial charge in [-0.3, -0.25) is 14.4 Å². The molecule has 2 saturated heterocycles. The van der Waals surface area contributed by atoms with Crippen LogP contribution in [-0.4, -0.2) is 87.5 Å². The van der Waals surface area contributed by atoms with E-state index in [1.54, 1.807) is 14.1 Å². The van der Waals surface area contributed by atoms with Gasteiger partial charge in [-0.1, -0.05) is 13.0 Å². The van der Waals surface area contributed by atoms with Gasteiger partial charge in [0.05, 0.1) is 35.6 Å². The van der Waals surface area contributed by atoms with Gasteiger partial charge >= 0.3 is 6.01 Å². The van der Waals surface area contributed by atoms with Crippen LogP contribution in [0.1, 0.15) is 95.5 Å². The van der Waals surface area contributed by atoms with Crippen LogP contribution >= 0.6 is 0 Å². The minimum atomic E-state index is -0.859. The van der Waals surface area contributed by atoms with Crippen LogP contribution in [0.25, 0.3) is 0 Å². The van der Waals surface area contributed by atoms with Crippen molar-refractivity contribution < 1.29 is 18.7 Å². The quantitative estimate of drug-likeness (QED) is 0.396. The summed E-state index contributed by atoms with van der Waals surface area (Å²) in [5.74, 6) is 0.866. The lowest BCUT2D eigenvalue weighted by molar-refractivity contribution is -0.0873. The zero-order valence-corrected chi connectivity index (χ0v) is 28.5. The highest BCUT2D eigenvalue weighted by atomic mass is 19.1. The van der Waals surface area contributed by atoms with Gasteiger partial charge in [-0.25, -0.2) is 4.39 Å².